The summed E-state index contributed by atoms with van der Waals surface area (Å²) in [5, 5.41) is 13.4. The third kappa shape index (κ3) is 3.69. The Bertz CT molecular complexity index is 679. The maximum atomic E-state index is 13.7. The monoisotopic (exact) mass is 354 g/mol. The number of methoxy groups -OCH3 is 1. The Morgan fingerprint density at radius 1 is 1.33 bits per heavy atom. The van der Waals surface area contributed by atoms with E-state index in [-0.39, 0.29) is 11.4 Å². The van der Waals surface area contributed by atoms with Crippen LogP contribution in [-0.2, 0) is 6.54 Å². The second-order valence-electron chi connectivity index (χ2n) is 4.24. The first-order valence-electron chi connectivity index (χ1n) is 6.01. The minimum atomic E-state index is -0.656. The first kappa shape index (κ1) is 15.2. The lowest BCUT2D eigenvalue weighted by Gasteiger charge is -2.09. The van der Waals surface area contributed by atoms with Crippen LogP contribution in [0.5, 0.6) is 5.75 Å². The topological polar surface area (TPSA) is 64.4 Å². The second-order valence-corrected chi connectivity index (χ2v) is 5.10. The largest absolute Gasteiger partial charge is 0.496 e. The molecule has 0 aliphatic rings. The van der Waals surface area contributed by atoms with E-state index in [9.17, 15) is 14.5 Å². The molecule has 0 amide bonds. The van der Waals surface area contributed by atoms with Crippen molar-refractivity contribution in [2.24, 2.45) is 0 Å². The third-order valence-corrected chi connectivity index (χ3v) is 3.48. The summed E-state index contributed by atoms with van der Waals surface area (Å²) in [7, 11) is 1.57. The Morgan fingerprint density at radius 3 is 2.67 bits per heavy atom. The van der Waals surface area contributed by atoms with E-state index < -0.39 is 10.7 Å². The first-order valence-corrected chi connectivity index (χ1v) is 6.81. The van der Waals surface area contributed by atoms with Crippen molar-refractivity contribution < 1.29 is 14.1 Å². The van der Waals surface area contributed by atoms with Gasteiger partial charge in [0.25, 0.3) is 5.69 Å². The molecule has 2 rings (SSSR count). The van der Waals surface area contributed by atoms with Crippen LogP contribution in [0.3, 0.4) is 0 Å². The molecule has 21 heavy (non-hydrogen) atoms. The number of halogens is 2. The van der Waals surface area contributed by atoms with Gasteiger partial charge in [-0.1, -0.05) is 6.07 Å². The molecule has 2 aromatic carbocycles. The Labute approximate surface area is 129 Å². The molecule has 0 heterocycles. The molecule has 2 aromatic rings. The van der Waals surface area contributed by atoms with Crippen LogP contribution >= 0.6 is 15.9 Å². The molecule has 0 unspecified atom stereocenters. The first-order chi connectivity index (χ1) is 10.0. The highest BCUT2D eigenvalue weighted by molar-refractivity contribution is 9.10. The van der Waals surface area contributed by atoms with Gasteiger partial charge in [-0.3, -0.25) is 10.1 Å². The molecular formula is C14H12BrFN2O3. The summed E-state index contributed by atoms with van der Waals surface area (Å²) in [4.78, 5) is 9.91. The van der Waals surface area contributed by atoms with E-state index in [0.29, 0.717) is 12.3 Å². The van der Waals surface area contributed by atoms with E-state index in [1.54, 1.807) is 13.2 Å². The highest BCUT2D eigenvalue weighted by Crippen LogP contribution is 2.26. The summed E-state index contributed by atoms with van der Waals surface area (Å²) in [6.45, 7) is 0.386. The number of rotatable bonds is 5. The number of hydrogen-bond donors (Lipinski definition) is 1. The Morgan fingerprint density at radius 2 is 2.10 bits per heavy atom. The van der Waals surface area contributed by atoms with Crippen molar-refractivity contribution in [3.05, 3.63) is 62.4 Å². The van der Waals surface area contributed by atoms with Crippen LogP contribution in [0.25, 0.3) is 0 Å². The van der Waals surface area contributed by atoms with Crippen molar-refractivity contribution in [2.75, 3.05) is 12.4 Å². The smallest absolute Gasteiger partial charge is 0.272 e. The lowest BCUT2D eigenvalue weighted by molar-refractivity contribution is -0.385. The number of ether oxygens (including phenoxy) is 1. The van der Waals surface area contributed by atoms with Crippen molar-refractivity contribution >= 4 is 27.3 Å². The lowest BCUT2D eigenvalue weighted by Crippen LogP contribution is -2.02. The zero-order valence-electron chi connectivity index (χ0n) is 11.1. The van der Waals surface area contributed by atoms with Gasteiger partial charge in [0.1, 0.15) is 5.75 Å². The molecule has 0 spiro atoms. The van der Waals surface area contributed by atoms with Gasteiger partial charge in [-0.05, 0) is 39.7 Å². The zero-order valence-corrected chi connectivity index (χ0v) is 12.7. The number of nitrogens with one attached hydrogen (secondary N) is 1. The van der Waals surface area contributed by atoms with Gasteiger partial charge in [-0.15, -0.1) is 0 Å². The van der Waals surface area contributed by atoms with Crippen molar-refractivity contribution in [1.82, 2.24) is 0 Å². The molecule has 5 nitrogen and oxygen atoms in total. The van der Waals surface area contributed by atoms with Gasteiger partial charge in [0.05, 0.1) is 28.3 Å². The number of non-ortho nitro benzene ring substituents is 1. The molecular weight excluding hydrogens is 343 g/mol. The van der Waals surface area contributed by atoms with E-state index in [4.69, 9.17) is 4.74 Å². The molecule has 0 aromatic heterocycles. The van der Waals surface area contributed by atoms with Crippen molar-refractivity contribution in [1.29, 1.82) is 0 Å². The Balaban J connectivity index is 2.09. The number of hydrogen-bond acceptors (Lipinski definition) is 4. The molecule has 0 bridgehead atoms. The fourth-order valence-electron chi connectivity index (χ4n) is 1.78. The maximum Gasteiger partial charge on any atom is 0.272 e. The van der Waals surface area contributed by atoms with Crippen LogP contribution in [-0.4, -0.2) is 12.0 Å². The van der Waals surface area contributed by atoms with E-state index in [2.05, 4.69) is 21.2 Å². The summed E-state index contributed by atoms with van der Waals surface area (Å²) in [6, 6.07) is 9.01. The van der Waals surface area contributed by atoms with Gasteiger partial charge in [-0.2, -0.15) is 0 Å². The van der Waals surface area contributed by atoms with Crippen molar-refractivity contribution in [2.45, 2.75) is 6.54 Å². The van der Waals surface area contributed by atoms with E-state index >= 15 is 0 Å². The fraction of sp³-hybridized carbons (Fsp3) is 0.143. The quantitative estimate of drug-likeness (QED) is 0.647. The van der Waals surface area contributed by atoms with Crippen LogP contribution in [0.15, 0.2) is 40.9 Å². The normalized spacial score (nSPS) is 10.2. The highest BCUT2D eigenvalue weighted by Gasteiger charge is 2.10. The molecule has 110 valence electrons. The molecule has 0 radical (unpaired) electrons. The van der Waals surface area contributed by atoms with Gasteiger partial charge >= 0.3 is 0 Å². The number of anilines is 1. The Kier molecular flexibility index (Phi) is 4.74. The van der Waals surface area contributed by atoms with Gasteiger partial charge in [0.15, 0.2) is 5.82 Å². The molecule has 1 N–H and O–H groups in total. The van der Waals surface area contributed by atoms with Gasteiger partial charge in [0, 0.05) is 12.6 Å². The van der Waals surface area contributed by atoms with Crippen molar-refractivity contribution in [3.8, 4) is 5.75 Å². The average Bonchev–Trinajstić information content (AvgIpc) is 2.46. The summed E-state index contributed by atoms with van der Waals surface area (Å²) >= 11 is 3.37. The van der Waals surface area contributed by atoms with Gasteiger partial charge in [0.2, 0.25) is 0 Å². The van der Waals surface area contributed by atoms with Crippen LogP contribution in [0.1, 0.15) is 5.56 Å². The number of nitro benzene ring substituents is 1. The molecule has 7 heteroatoms. The molecule has 0 saturated carbocycles. The minimum absolute atomic E-state index is 0.215. The number of benzene rings is 2. The van der Waals surface area contributed by atoms with E-state index in [1.807, 2.05) is 12.1 Å². The Hall–Kier alpha value is -2.15. The molecule has 0 fully saturated rings. The standard InChI is InChI=1S/C14H12BrFN2O3/c1-21-14-5-2-9(6-11(14)15)8-17-13-4-3-10(18(19)20)7-12(13)16/h2-7,17H,8H2,1H3. The summed E-state index contributed by atoms with van der Waals surface area (Å²) in [5.74, 6) is 0.0528. The van der Waals surface area contributed by atoms with E-state index in [0.717, 1.165) is 16.1 Å². The summed E-state index contributed by atoms with van der Waals surface area (Å²) in [5.41, 5.74) is 0.859. The van der Waals surface area contributed by atoms with Gasteiger partial charge in [-0.25, -0.2) is 4.39 Å². The van der Waals surface area contributed by atoms with Crippen LogP contribution in [0.4, 0.5) is 15.8 Å². The molecule has 0 atom stereocenters. The highest BCUT2D eigenvalue weighted by atomic mass is 79.9. The zero-order chi connectivity index (χ0) is 15.4. The SMILES string of the molecule is COc1ccc(CNc2ccc([N+](=O)[O-])cc2F)cc1Br. The molecule has 0 saturated heterocycles. The minimum Gasteiger partial charge on any atom is -0.496 e. The van der Waals surface area contributed by atoms with Crippen molar-refractivity contribution in [3.63, 3.8) is 0 Å². The molecule has 0 aliphatic carbocycles. The van der Waals surface area contributed by atoms with Crippen LogP contribution < -0.4 is 10.1 Å². The maximum absolute atomic E-state index is 13.7. The predicted molar refractivity (Wildman–Crippen MR) is 81.1 cm³/mol. The van der Waals surface area contributed by atoms with Crippen LogP contribution in [0, 0.1) is 15.9 Å². The predicted octanol–water partition coefficient (Wildman–Crippen LogP) is 4.12. The molecule has 0 aliphatic heterocycles. The average molecular weight is 355 g/mol. The number of nitro groups is 1. The fourth-order valence-corrected chi connectivity index (χ4v) is 2.37. The second kappa shape index (κ2) is 6.53. The van der Waals surface area contributed by atoms with Gasteiger partial charge < -0.3 is 10.1 Å². The summed E-state index contributed by atoms with van der Waals surface area (Å²) < 4.78 is 19.6. The lowest BCUT2D eigenvalue weighted by atomic mass is 10.2. The van der Waals surface area contributed by atoms with E-state index in [1.165, 1.54) is 12.1 Å². The van der Waals surface area contributed by atoms with Crippen LogP contribution in [0.2, 0.25) is 0 Å². The summed E-state index contributed by atoms with van der Waals surface area (Å²) in [6.07, 6.45) is 0. The third-order valence-electron chi connectivity index (χ3n) is 2.86. The number of nitrogens with zero attached hydrogens (tertiary/aromatic N) is 1.